The van der Waals surface area contributed by atoms with Gasteiger partial charge >= 0.3 is 5.63 Å². The lowest BCUT2D eigenvalue weighted by molar-refractivity contribution is 0.432. The first-order valence-corrected chi connectivity index (χ1v) is 10.1. The van der Waals surface area contributed by atoms with Gasteiger partial charge in [-0.1, -0.05) is 46.3 Å². The Labute approximate surface area is 169 Å². The first-order chi connectivity index (χ1) is 13.0. The molecule has 4 rings (SSSR count). The minimum absolute atomic E-state index is 0.0306. The van der Waals surface area contributed by atoms with E-state index in [1.807, 2.05) is 42.5 Å². The fraction of sp³-hybridized carbons (Fsp3) is 0.143. The second-order valence-corrected chi connectivity index (χ2v) is 8.36. The molecule has 27 heavy (non-hydrogen) atoms. The van der Waals surface area contributed by atoms with Crippen LogP contribution in [-0.2, 0) is 0 Å². The average molecular weight is 442 g/mol. The van der Waals surface area contributed by atoms with E-state index >= 15 is 0 Å². The quantitative estimate of drug-likeness (QED) is 0.547. The van der Waals surface area contributed by atoms with Crippen molar-refractivity contribution in [3.8, 4) is 5.75 Å². The summed E-state index contributed by atoms with van der Waals surface area (Å²) in [5.74, 6) is 0.269. The number of hydrogen-bond donors (Lipinski definition) is 1. The number of nitrogens with zero attached hydrogens (tertiary/aromatic N) is 1. The Balaban J connectivity index is 1.90. The third-order valence-corrected chi connectivity index (χ3v) is 6.39. The van der Waals surface area contributed by atoms with Gasteiger partial charge in [-0.15, -0.1) is 11.8 Å². The maximum atomic E-state index is 12.5. The summed E-state index contributed by atoms with van der Waals surface area (Å²) in [7, 11) is 0. The van der Waals surface area contributed by atoms with E-state index in [0.717, 1.165) is 20.6 Å². The Hall–Kier alpha value is -2.31. The molecule has 1 N–H and O–H groups in total. The second-order valence-electron chi connectivity index (χ2n) is 6.26. The molecule has 0 fully saturated rings. The molecule has 2 aromatic carbocycles. The number of aliphatic imine (C=N–C) groups is 1. The summed E-state index contributed by atoms with van der Waals surface area (Å²) in [6.45, 7) is 1.63. The predicted octanol–water partition coefficient (Wildman–Crippen LogP) is 5.77. The fourth-order valence-electron chi connectivity index (χ4n) is 3.14. The molecule has 3 aromatic rings. The van der Waals surface area contributed by atoms with Gasteiger partial charge in [-0.3, -0.25) is 4.99 Å². The molecular weight excluding hydrogens is 426 g/mol. The standard InChI is InChI=1S/C21H16BrNO3S/c1-12-10-17(24)20(21(25)26-12)16-11-19(13-6-2-3-7-14(13)22)27-18-9-5-4-8-15(18)23-16/h2-10,19,24H,11H2,1H3/t19-/m0/s1. The molecule has 1 atom stereocenters. The van der Waals surface area contributed by atoms with E-state index in [9.17, 15) is 9.90 Å². The van der Waals surface area contributed by atoms with Gasteiger partial charge in [-0.05, 0) is 30.7 Å². The topological polar surface area (TPSA) is 62.8 Å². The third kappa shape index (κ3) is 3.59. The fourth-order valence-corrected chi connectivity index (χ4v) is 5.12. The van der Waals surface area contributed by atoms with Gasteiger partial charge in [0.1, 0.15) is 17.1 Å². The normalized spacial score (nSPS) is 16.4. The molecule has 136 valence electrons. The van der Waals surface area contributed by atoms with Gasteiger partial charge in [-0.25, -0.2) is 4.79 Å². The maximum Gasteiger partial charge on any atom is 0.348 e. The van der Waals surface area contributed by atoms with Crippen LogP contribution in [0.3, 0.4) is 0 Å². The Kier molecular flexibility index (Phi) is 4.93. The van der Waals surface area contributed by atoms with E-state index in [-0.39, 0.29) is 16.6 Å². The van der Waals surface area contributed by atoms with Crippen LogP contribution in [-0.4, -0.2) is 10.8 Å². The zero-order chi connectivity index (χ0) is 19.0. The Morgan fingerprint density at radius 3 is 2.70 bits per heavy atom. The third-order valence-electron chi connectivity index (χ3n) is 4.36. The highest BCUT2D eigenvalue weighted by Crippen LogP contribution is 2.47. The molecule has 4 nitrogen and oxygen atoms in total. The van der Waals surface area contributed by atoms with Gasteiger partial charge in [0.2, 0.25) is 0 Å². The Bertz CT molecular complexity index is 1110. The van der Waals surface area contributed by atoms with E-state index in [0.29, 0.717) is 17.9 Å². The van der Waals surface area contributed by atoms with Crippen molar-refractivity contribution in [3.05, 3.63) is 86.4 Å². The number of aromatic hydroxyl groups is 1. The zero-order valence-electron chi connectivity index (χ0n) is 14.5. The number of thioether (sulfide) groups is 1. The van der Waals surface area contributed by atoms with Crippen LogP contribution in [0.15, 0.2) is 78.2 Å². The van der Waals surface area contributed by atoms with Crippen LogP contribution in [0.2, 0.25) is 0 Å². The number of halogens is 1. The van der Waals surface area contributed by atoms with Gasteiger partial charge in [-0.2, -0.15) is 0 Å². The van der Waals surface area contributed by atoms with Crippen molar-refractivity contribution in [2.75, 3.05) is 0 Å². The Morgan fingerprint density at radius 2 is 1.93 bits per heavy atom. The van der Waals surface area contributed by atoms with Crippen LogP contribution in [0.1, 0.15) is 28.6 Å². The van der Waals surface area contributed by atoms with Gasteiger partial charge in [0.15, 0.2) is 0 Å². The van der Waals surface area contributed by atoms with Crippen molar-refractivity contribution < 1.29 is 9.52 Å². The summed E-state index contributed by atoms with van der Waals surface area (Å²) in [6, 6.07) is 17.3. The zero-order valence-corrected chi connectivity index (χ0v) is 16.9. The van der Waals surface area contributed by atoms with Gasteiger partial charge in [0, 0.05) is 27.1 Å². The highest BCUT2D eigenvalue weighted by Gasteiger charge is 2.27. The number of rotatable bonds is 2. The van der Waals surface area contributed by atoms with Crippen molar-refractivity contribution >= 4 is 39.1 Å². The summed E-state index contributed by atoms with van der Waals surface area (Å²) in [5, 5.41) is 10.4. The lowest BCUT2D eigenvalue weighted by Gasteiger charge is -2.17. The minimum atomic E-state index is -0.568. The molecule has 1 aliphatic rings. The molecule has 1 aromatic heterocycles. The molecule has 0 radical (unpaired) electrons. The molecule has 1 aliphatic heterocycles. The molecule has 0 saturated carbocycles. The van der Waals surface area contributed by atoms with Crippen LogP contribution in [0.25, 0.3) is 0 Å². The second kappa shape index (κ2) is 7.37. The smallest absolute Gasteiger partial charge is 0.348 e. The summed E-state index contributed by atoms with van der Waals surface area (Å²) in [4.78, 5) is 18.2. The lowest BCUT2D eigenvalue weighted by Crippen LogP contribution is -2.17. The minimum Gasteiger partial charge on any atom is -0.507 e. The summed E-state index contributed by atoms with van der Waals surface area (Å²) < 4.78 is 6.22. The van der Waals surface area contributed by atoms with Crippen LogP contribution in [0.4, 0.5) is 5.69 Å². The Morgan fingerprint density at radius 1 is 1.19 bits per heavy atom. The monoisotopic (exact) mass is 441 g/mol. The highest BCUT2D eigenvalue weighted by molar-refractivity contribution is 9.10. The molecule has 0 amide bonds. The van der Waals surface area contributed by atoms with E-state index in [4.69, 9.17) is 9.41 Å². The summed E-state index contributed by atoms with van der Waals surface area (Å²) >= 11 is 5.33. The number of aryl methyl sites for hydroxylation is 1. The molecule has 6 heteroatoms. The van der Waals surface area contributed by atoms with Crippen LogP contribution in [0, 0.1) is 6.92 Å². The molecule has 0 aliphatic carbocycles. The van der Waals surface area contributed by atoms with E-state index < -0.39 is 5.63 Å². The highest BCUT2D eigenvalue weighted by atomic mass is 79.9. The SMILES string of the molecule is Cc1cc(O)c(C2=Nc3ccccc3S[C@H](c3ccccc3Br)C2)c(=O)o1. The van der Waals surface area contributed by atoms with E-state index in [1.54, 1.807) is 18.7 Å². The molecule has 0 spiro atoms. The molecule has 0 bridgehead atoms. The van der Waals surface area contributed by atoms with Crippen molar-refractivity contribution in [3.63, 3.8) is 0 Å². The van der Waals surface area contributed by atoms with Crippen molar-refractivity contribution in [2.45, 2.75) is 23.5 Å². The van der Waals surface area contributed by atoms with E-state index in [1.165, 1.54) is 6.07 Å². The number of benzene rings is 2. The van der Waals surface area contributed by atoms with Crippen LogP contribution < -0.4 is 5.63 Å². The van der Waals surface area contributed by atoms with Crippen LogP contribution >= 0.6 is 27.7 Å². The van der Waals surface area contributed by atoms with Crippen molar-refractivity contribution in [1.29, 1.82) is 0 Å². The summed E-state index contributed by atoms with van der Waals surface area (Å²) in [6.07, 6.45) is 0.489. The molecule has 2 heterocycles. The van der Waals surface area contributed by atoms with Gasteiger partial charge in [0.05, 0.1) is 11.4 Å². The molecule has 0 saturated heterocycles. The first-order valence-electron chi connectivity index (χ1n) is 8.44. The number of hydrogen-bond acceptors (Lipinski definition) is 5. The average Bonchev–Trinajstić information content (AvgIpc) is 2.80. The van der Waals surface area contributed by atoms with Crippen LogP contribution in [0.5, 0.6) is 5.75 Å². The van der Waals surface area contributed by atoms with Gasteiger partial charge in [0.25, 0.3) is 0 Å². The maximum absolute atomic E-state index is 12.5. The van der Waals surface area contributed by atoms with Crippen molar-refractivity contribution in [1.82, 2.24) is 0 Å². The van der Waals surface area contributed by atoms with Crippen molar-refractivity contribution in [2.24, 2.45) is 4.99 Å². The van der Waals surface area contributed by atoms with Gasteiger partial charge < -0.3 is 9.52 Å². The first kappa shape index (κ1) is 18.1. The molecular formula is C21H16BrNO3S. The lowest BCUT2D eigenvalue weighted by atomic mass is 10.0. The summed E-state index contributed by atoms with van der Waals surface area (Å²) in [5.41, 5.74) is 1.99. The predicted molar refractivity (Wildman–Crippen MR) is 111 cm³/mol. The number of fused-ring (bicyclic) bond motifs is 1. The largest absolute Gasteiger partial charge is 0.507 e. The molecule has 0 unspecified atom stereocenters. The number of para-hydroxylation sites is 1. The van der Waals surface area contributed by atoms with E-state index in [2.05, 4.69) is 22.0 Å².